The molecule has 3 nitrogen and oxygen atoms in total. The average Bonchev–Trinajstić information content (AvgIpc) is 2.32. The quantitative estimate of drug-likeness (QED) is 0.852. The largest absolute Gasteiger partial charge is 0.487 e. The second-order valence-corrected chi connectivity index (χ2v) is 4.35. The van der Waals surface area contributed by atoms with Gasteiger partial charge in [-0.25, -0.2) is 4.39 Å². The number of nitrogens with zero attached hydrogens (tertiary/aromatic N) is 1. The Balaban J connectivity index is 2.18. The maximum Gasteiger partial charge on any atom is 0.144 e. The number of benzene rings is 1. The van der Waals surface area contributed by atoms with Crippen LogP contribution in [0, 0.1) is 23.1 Å². The Morgan fingerprint density at radius 2 is 2.35 bits per heavy atom. The predicted octanol–water partition coefficient (Wildman–Crippen LogP) is 2.07. The van der Waals surface area contributed by atoms with Gasteiger partial charge in [-0.15, -0.1) is 0 Å². The van der Waals surface area contributed by atoms with E-state index in [2.05, 4.69) is 12.2 Å². The zero-order valence-electron chi connectivity index (χ0n) is 9.74. The summed E-state index contributed by atoms with van der Waals surface area (Å²) in [5.74, 6) is 0.223. The Morgan fingerprint density at radius 3 is 3.06 bits per heavy atom. The van der Waals surface area contributed by atoms with Crippen molar-refractivity contribution in [3.05, 3.63) is 29.6 Å². The normalized spacial score (nSPS) is 24.1. The molecule has 1 heterocycles. The summed E-state index contributed by atoms with van der Waals surface area (Å²) in [6.45, 7) is 3.83. The lowest BCUT2D eigenvalue weighted by molar-refractivity contribution is 0.114. The number of halogens is 1. The molecule has 90 valence electrons. The first-order valence-corrected chi connectivity index (χ1v) is 5.78. The van der Waals surface area contributed by atoms with Crippen LogP contribution in [0.3, 0.4) is 0 Å². The van der Waals surface area contributed by atoms with E-state index in [1.54, 1.807) is 12.1 Å². The maximum atomic E-state index is 13.4. The summed E-state index contributed by atoms with van der Waals surface area (Å²) in [7, 11) is 0. The van der Waals surface area contributed by atoms with Gasteiger partial charge >= 0.3 is 0 Å². The van der Waals surface area contributed by atoms with E-state index in [9.17, 15) is 4.39 Å². The van der Waals surface area contributed by atoms with Crippen LogP contribution in [0.15, 0.2) is 18.2 Å². The van der Waals surface area contributed by atoms with Crippen molar-refractivity contribution in [2.75, 3.05) is 13.1 Å². The summed E-state index contributed by atoms with van der Waals surface area (Å²) >= 11 is 0. The monoisotopic (exact) mass is 234 g/mol. The zero-order valence-corrected chi connectivity index (χ0v) is 9.74. The van der Waals surface area contributed by atoms with E-state index in [1.807, 2.05) is 6.07 Å². The summed E-state index contributed by atoms with van der Waals surface area (Å²) in [6.07, 6.45) is 1.03. The van der Waals surface area contributed by atoms with Gasteiger partial charge in [-0.3, -0.25) is 0 Å². The summed E-state index contributed by atoms with van der Waals surface area (Å²) < 4.78 is 19.1. The Kier molecular flexibility index (Phi) is 3.60. The molecule has 0 amide bonds. The van der Waals surface area contributed by atoms with Gasteiger partial charge in [0.25, 0.3) is 0 Å². The molecule has 0 bridgehead atoms. The fourth-order valence-electron chi connectivity index (χ4n) is 1.99. The third kappa shape index (κ3) is 2.56. The van der Waals surface area contributed by atoms with Gasteiger partial charge in [0.2, 0.25) is 0 Å². The molecular weight excluding hydrogens is 219 g/mol. The van der Waals surface area contributed by atoms with Crippen molar-refractivity contribution in [1.29, 1.82) is 5.26 Å². The molecule has 2 atom stereocenters. The van der Waals surface area contributed by atoms with Gasteiger partial charge in [-0.2, -0.15) is 5.26 Å². The van der Waals surface area contributed by atoms with Crippen LogP contribution >= 0.6 is 0 Å². The standard InChI is InChI=1S/C13H15FN2O/c1-9-5-6-16-8-13(9)17-12-4-2-3-11(14)10(12)7-15/h2-4,9,13,16H,5-6,8H2,1H3. The Labute approximate surface area is 100 Å². The highest BCUT2D eigenvalue weighted by molar-refractivity contribution is 5.43. The molecule has 0 aromatic heterocycles. The van der Waals surface area contributed by atoms with Gasteiger partial charge < -0.3 is 10.1 Å². The minimum Gasteiger partial charge on any atom is -0.487 e. The molecule has 1 aromatic rings. The number of ether oxygens (including phenoxy) is 1. The van der Waals surface area contributed by atoms with Crippen LogP contribution in [0.5, 0.6) is 5.75 Å². The topological polar surface area (TPSA) is 45.0 Å². The third-order valence-corrected chi connectivity index (χ3v) is 3.12. The van der Waals surface area contributed by atoms with Crippen molar-refractivity contribution in [1.82, 2.24) is 5.32 Å². The number of nitriles is 1. The summed E-state index contributed by atoms with van der Waals surface area (Å²) in [6, 6.07) is 6.32. The van der Waals surface area contributed by atoms with E-state index >= 15 is 0 Å². The summed E-state index contributed by atoms with van der Waals surface area (Å²) in [5.41, 5.74) is -0.00901. The van der Waals surface area contributed by atoms with E-state index in [0.717, 1.165) is 19.5 Å². The summed E-state index contributed by atoms with van der Waals surface area (Å²) in [4.78, 5) is 0. The van der Waals surface area contributed by atoms with Crippen molar-refractivity contribution in [2.45, 2.75) is 19.4 Å². The molecule has 2 rings (SSSR count). The molecule has 2 unspecified atom stereocenters. The fourth-order valence-corrected chi connectivity index (χ4v) is 1.99. The van der Waals surface area contributed by atoms with Gasteiger partial charge in [0.1, 0.15) is 29.3 Å². The van der Waals surface area contributed by atoms with Gasteiger partial charge in [0.15, 0.2) is 0 Å². The fraction of sp³-hybridized carbons (Fsp3) is 0.462. The van der Waals surface area contributed by atoms with Gasteiger partial charge in [-0.1, -0.05) is 13.0 Å². The Hall–Kier alpha value is -1.60. The van der Waals surface area contributed by atoms with E-state index in [-0.39, 0.29) is 11.7 Å². The van der Waals surface area contributed by atoms with E-state index in [4.69, 9.17) is 10.00 Å². The molecule has 17 heavy (non-hydrogen) atoms. The van der Waals surface area contributed by atoms with Crippen LogP contribution < -0.4 is 10.1 Å². The van der Waals surface area contributed by atoms with E-state index < -0.39 is 5.82 Å². The molecule has 1 aromatic carbocycles. The number of piperidine rings is 1. The van der Waals surface area contributed by atoms with Crippen molar-refractivity contribution in [3.8, 4) is 11.8 Å². The van der Waals surface area contributed by atoms with Crippen molar-refractivity contribution in [3.63, 3.8) is 0 Å². The maximum absolute atomic E-state index is 13.4. The van der Waals surface area contributed by atoms with E-state index in [0.29, 0.717) is 11.7 Å². The zero-order chi connectivity index (χ0) is 12.3. The first-order chi connectivity index (χ1) is 8.22. The smallest absolute Gasteiger partial charge is 0.144 e. The predicted molar refractivity (Wildman–Crippen MR) is 62.2 cm³/mol. The Morgan fingerprint density at radius 1 is 1.53 bits per heavy atom. The molecule has 1 N–H and O–H groups in total. The van der Waals surface area contributed by atoms with E-state index in [1.165, 1.54) is 6.07 Å². The second-order valence-electron chi connectivity index (χ2n) is 4.35. The number of rotatable bonds is 2. The SMILES string of the molecule is CC1CCNCC1Oc1cccc(F)c1C#N. The van der Waals surface area contributed by atoms with Crippen LogP contribution in [-0.2, 0) is 0 Å². The van der Waals surface area contributed by atoms with Crippen LogP contribution in [0.2, 0.25) is 0 Å². The van der Waals surface area contributed by atoms with Crippen molar-refractivity contribution in [2.24, 2.45) is 5.92 Å². The number of nitrogens with one attached hydrogen (secondary N) is 1. The lowest BCUT2D eigenvalue weighted by Gasteiger charge is -2.30. The summed E-state index contributed by atoms with van der Waals surface area (Å²) in [5, 5.41) is 12.1. The molecule has 1 fully saturated rings. The molecule has 1 aliphatic heterocycles. The van der Waals surface area contributed by atoms with Crippen LogP contribution in [-0.4, -0.2) is 19.2 Å². The van der Waals surface area contributed by atoms with Crippen LogP contribution in [0.1, 0.15) is 18.9 Å². The molecule has 0 spiro atoms. The average molecular weight is 234 g/mol. The highest BCUT2D eigenvalue weighted by Crippen LogP contribution is 2.24. The van der Waals surface area contributed by atoms with Crippen molar-refractivity contribution < 1.29 is 9.13 Å². The van der Waals surface area contributed by atoms with Gasteiger partial charge in [-0.05, 0) is 31.0 Å². The molecular formula is C13H15FN2O. The number of hydrogen-bond acceptors (Lipinski definition) is 3. The molecule has 1 aliphatic rings. The minimum atomic E-state index is -0.526. The first kappa shape index (κ1) is 11.9. The molecule has 0 radical (unpaired) electrons. The second kappa shape index (κ2) is 5.15. The molecule has 1 saturated heterocycles. The van der Waals surface area contributed by atoms with Gasteiger partial charge in [0.05, 0.1) is 0 Å². The van der Waals surface area contributed by atoms with Crippen LogP contribution in [0.25, 0.3) is 0 Å². The van der Waals surface area contributed by atoms with Gasteiger partial charge in [0, 0.05) is 6.54 Å². The third-order valence-electron chi connectivity index (χ3n) is 3.12. The number of hydrogen-bond donors (Lipinski definition) is 1. The highest BCUT2D eigenvalue weighted by atomic mass is 19.1. The first-order valence-electron chi connectivity index (χ1n) is 5.78. The molecule has 4 heteroatoms. The van der Waals surface area contributed by atoms with Crippen molar-refractivity contribution >= 4 is 0 Å². The lowest BCUT2D eigenvalue weighted by Crippen LogP contribution is -2.42. The highest BCUT2D eigenvalue weighted by Gasteiger charge is 2.24. The minimum absolute atomic E-state index is 0.00218. The Bertz CT molecular complexity index is 442. The molecule has 0 aliphatic carbocycles. The van der Waals surface area contributed by atoms with Crippen LogP contribution in [0.4, 0.5) is 4.39 Å². The molecule has 0 saturated carbocycles. The lowest BCUT2D eigenvalue weighted by atomic mass is 9.97.